The van der Waals surface area contributed by atoms with Crippen LogP contribution in [0.25, 0.3) is 16.9 Å². The molecule has 2 aliphatic rings. The van der Waals surface area contributed by atoms with Gasteiger partial charge in [0.25, 0.3) is 0 Å². The zero-order chi connectivity index (χ0) is 30.1. The highest BCUT2D eigenvalue weighted by atomic mass is 35.5. The summed E-state index contributed by atoms with van der Waals surface area (Å²) in [5.74, 6) is 0.234. The van der Waals surface area contributed by atoms with Gasteiger partial charge in [0, 0.05) is 49.3 Å². The lowest BCUT2D eigenvalue weighted by atomic mass is 9.99. The number of carbonyl (C=O) groups is 3. The van der Waals surface area contributed by atoms with Gasteiger partial charge in [0.15, 0.2) is 0 Å². The molecule has 0 radical (unpaired) electrons. The second kappa shape index (κ2) is 12.4. The van der Waals surface area contributed by atoms with Crippen molar-refractivity contribution in [1.82, 2.24) is 19.6 Å². The Morgan fingerprint density at radius 1 is 0.907 bits per heavy atom. The number of halogens is 2. The number of aromatic nitrogens is 2. The molecule has 11 heteroatoms. The molecule has 8 nitrogen and oxygen atoms in total. The van der Waals surface area contributed by atoms with Crippen LogP contribution in [0.15, 0.2) is 78.9 Å². The number of anilines is 1. The van der Waals surface area contributed by atoms with Crippen molar-refractivity contribution in [3.8, 4) is 16.9 Å². The number of carbonyl (C=O) groups excluding carboxylic acids is 3. The maximum Gasteiger partial charge on any atom is 0.242 e. The topological polar surface area (TPSA) is 78.8 Å². The molecular weight excluding hydrogens is 605 g/mol. The molecule has 0 bridgehead atoms. The van der Waals surface area contributed by atoms with Crippen molar-refractivity contribution in [3.05, 3.63) is 100 Å². The van der Waals surface area contributed by atoms with E-state index in [2.05, 4.69) is 0 Å². The summed E-state index contributed by atoms with van der Waals surface area (Å²) in [7, 11) is 0. The van der Waals surface area contributed by atoms with E-state index in [0.29, 0.717) is 53.4 Å². The third-order valence-electron chi connectivity index (χ3n) is 7.74. The number of thioether (sulfide) groups is 1. The van der Waals surface area contributed by atoms with E-state index in [-0.39, 0.29) is 35.3 Å². The number of rotatable bonds is 5. The highest BCUT2D eigenvalue weighted by Crippen LogP contribution is 2.49. The number of amides is 3. The van der Waals surface area contributed by atoms with Crippen LogP contribution in [0.1, 0.15) is 23.3 Å². The summed E-state index contributed by atoms with van der Waals surface area (Å²) in [5, 5.41) is 5.84. The van der Waals surface area contributed by atoms with Crippen molar-refractivity contribution in [2.45, 2.75) is 12.2 Å². The molecule has 0 N–H and O–H groups in total. The Kier molecular flexibility index (Phi) is 8.47. The van der Waals surface area contributed by atoms with Crippen LogP contribution < -0.4 is 4.90 Å². The molecule has 0 aliphatic carbocycles. The molecular formula is C32H29Cl2N5O3S. The molecule has 6 rings (SSSR count). The van der Waals surface area contributed by atoms with Gasteiger partial charge in [-0.05, 0) is 29.8 Å². The molecule has 3 amide bonds. The molecule has 3 heterocycles. The molecule has 0 unspecified atom stereocenters. The van der Waals surface area contributed by atoms with Crippen molar-refractivity contribution in [2.75, 3.05) is 43.4 Å². The lowest BCUT2D eigenvalue weighted by molar-refractivity contribution is -0.137. The standard InChI is InChI=1S/C32H29Cl2N5O3S/c1-21(40)36-14-16-37(17-15-36)27(41)19-38-28(42)20-43-31(23-10-7-11-24(33)18-23)29-30(22-8-3-2-4-9-22)35-39(32(29)38)26-13-6-5-12-25(26)34/h2-13,18,31H,14-17,19-20H2,1H3/t31-/m0/s1. The molecule has 1 atom stereocenters. The maximum absolute atomic E-state index is 14.0. The van der Waals surface area contributed by atoms with E-state index in [1.54, 1.807) is 25.4 Å². The molecule has 43 heavy (non-hydrogen) atoms. The molecule has 1 saturated heterocycles. The van der Waals surface area contributed by atoms with Gasteiger partial charge >= 0.3 is 0 Å². The van der Waals surface area contributed by atoms with E-state index in [9.17, 15) is 14.4 Å². The van der Waals surface area contributed by atoms with Crippen LogP contribution in [-0.2, 0) is 14.4 Å². The summed E-state index contributed by atoms with van der Waals surface area (Å²) >= 11 is 14.7. The van der Waals surface area contributed by atoms with Gasteiger partial charge in [-0.1, -0.05) is 77.8 Å². The Morgan fingerprint density at radius 3 is 2.30 bits per heavy atom. The fourth-order valence-corrected chi connectivity index (χ4v) is 7.16. The lowest BCUT2D eigenvalue weighted by Gasteiger charge is -2.35. The fraction of sp³-hybridized carbons (Fsp3) is 0.250. The number of benzene rings is 3. The Morgan fingerprint density at radius 2 is 1.60 bits per heavy atom. The summed E-state index contributed by atoms with van der Waals surface area (Å²) in [4.78, 5) is 44.6. The molecule has 220 valence electrons. The first-order valence-electron chi connectivity index (χ1n) is 14.0. The fourth-order valence-electron chi connectivity index (χ4n) is 5.56. The zero-order valence-corrected chi connectivity index (χ0v) is 25.8. The smallest absolute Gasteiger partial charge is 0.242 e. The van der Waals surface area contributed by atoms with Gasteiger partial charge in [0.2, 0.25) is 17.7 Å². The van der Waals surface area contributed by atoms with Gasteiger partial charge in [-0.2, -0.15) is 5.10 Å². The van der Waals surface area contributed by atoms with Gasteiger partial charge in [-0.15, -0.1) is 11.8 Å². The first-order valence-corrected chi connectivity index (χ1v) is 15.8. The summed E-state index contributed by atoms with van der Waals surface area (Å²) < 4.78 is 1.70. The molecule has 1 aromatic heterocycles. The number of piperazine rings is 1. The molecule has 3 aromatic carbocycles. The number of para-hydroxylation sites is 1. The molecule has 0 saturated carbocycles. The normalized spacial score (nSPS) is 17.0. The van der Waals surface area contributed by atoms with Gasteiger partial charge in [0.1, 0.15) is 12.4 Å². The van der Waals surface area contributed by atoms with E-state index < -0.39 is 0 Å². The Labute approximate surface area is 264 Å². The molecule has 4 aromatic rings. The minimum atomic E-state index is -0.302. The summed E-state index contributed by atoms with van der Waals surface area (Å²) in [6, 6.07) is 24.7. The van der Waals surface area contributed by atoms with Crippen LogP contribution in [0.3, 0.4) is 0 Å². The van der Waals surface area contributed by atoms with Crippen LogP contribution in [0.2, 0.25) is 10.0 Å². The Bertz CT molecular complexity index is 1690. The first kappa shape index (κ1) is 29.3. The average Bonchev–Trinajstić information content (AvgIpc) is 3.33. The van der Waals surface area contributed by atoms with Crippen molar-refractivity contribution in [3.63, 3.8) is 0 Å². The van der Waals surface area contributed by atoms with Crippen LogP contribution in [0.5, 0.6) is 0 Å². The first-order chi connectivity index (χ1) is 20.8. The highest BCUT2D eigenvalue weighted by Gasteiger charge is 2.39. The van der Waals surface area contributed by atoms with Crippen LogP contribution in [-0.4, -0.2) is 75.8 Å². The SMILES string of the molecule is CC(=O)N1CCN(C(=O)CN2C(=O)CS[C@@H](c3cccc(Cl)c3)c3c(-c4ccccc4)nn(-c4ccccc4Cl)c32)CC1. The molecule has 2 aliphatic heterocycles. The van der Waals surface area contributed by atoms with Crippen molar-refractivity contribution >= 4 is 58.5 Å². The minimum absolute atomic E-state index is 0.0133. The quantitative estimate of drug-likeness (QED) is 0.281. The van der Waals surface area contributed by atoms with Crippen LogP contribution in [0, 0.1) is 0 Å². The van der Waals surface area contributed by atoms with Crippen molar-refractivity contribution in [2.24, 2.45) is 0 Å². The largest absolute Gasteiger partial charge is 0.339 e. The maximum atomic E-state index is 14.0. The van der Waals surface area contributed by atoms with E-state index in [1.807, 2.05) is 72.8 Å². The van der Waals surface area contributed by atoms with Gasteiger partial charge in [-0.3, -0.25) is 19.3 Å². The second-order valence-electron chi connectivity index (χ2n) is 10.4. The van der Waals surface area contributed by atoms with Gasteiger partial charge in [-0.25, -0.2) is 4.68 Å². The number of fused-ring (bicyclic) bond motifs is 1. The predicted octanol–water partition coefficient (Wildman–Crippen LogP) is 5.71. The third kappa shape index (κ3) is 5.89. The van der Waals surface area contributed by atoms with E-state index in [1.165, 1.54) is 18.7 Å². The summed E-state index contributed by atoms with van der Waals surface area (Å²) in [5.41, 5.74) is 3.89. The van der Waals surface area contributed by atoms with Crippen LogP contribution in [0.4, 0.5) is 5.82 Å². The third-order valence-corrected chi connectivity index (χ3v) is 9.55. The minimum Gasteiger partial charge on any atom is -0.339 e. The van der Waals surface area contributed by atoms with Crippen molar-refractivity contribution < 1.29 is 14.4 Å². The Hall–Kier alpha value is -3.79. The summed E-state index contributed by atoms with van der Waals surface area (Å²) in [6.07, 6.45) is 0. The monoisotopic (exact) mass is 633 g/mol. The second-order valence-corrected chi connectivity index (χ2v) is 12.4. The molecule has 1 fully saturated rings. The zero-order valence-electron chi connectivity index (χ0n) is 23.5. The number of hydrogen-bond acceptors (Lipinski definition) is 5. The highest BCUT2D eigenvalue weighted by molar-refractivity contribution is 8.00. The van der Waals surface area contributed by atoms with Gasteiger partial charge < -0.3 is 9.80 Å². The van der Waals surface area contributed by atoms with E-state index >= 15 is 0 Å². The number of hydrogen-bond donors (Lipinski definition) is 0. The molecule has 0 spiro atoms. The van der Waals surface area contributed by atoms with Crippen molar-refractivity contribution in [1.29, 1.82) is 0 Å². The predicted molar refractivity (Wildman–Crippen MR) is 171 cm³/mol. The van der Waals surface area contributed by atoms with E-state index in [4.69, 9.17) is 28.3 Å². The lowest BCUT2D eigenvalue weighted by Crippen LogP contribution is -2.53. The Balaban J connectivity index is 1.53. The average molecular weight is 635 g/mol. The van der Waals surface area contributed by atoms with Gasteiger partial charge in [0.05, 0.1) is 27.4 Å². The summed E-state index contributed by atoms with van der Waals surface area (Å²) in [6.45, 7) is 3.10. The number of nitrogens with zero attached hydrogens (tertiary/aromatic N) is 5. The van der Waals surface area contributed by atoms with Crippen LogP contribution >= 0.6 is 35.0 Å². The van der Waals surface area contributed by atoms with E-state index in [0.717, 1.165) is 16.7 Å².